The molecule has 2 aromatic carbocycles. The van der Waals surface area contributed by atoms with Crippen LogP contribution in [0.1, 0.15) is 6.92 Å². The van der Waals surface area contributed by atoms with Crippen molar-refractivity contribution in [3.05, 3.63) is 53.6 Å². The highest BCUT2D eigenvalue weighted by atomic mass is 35.5. The minimum absolute atomic E-state index is 0.0114. The first-order valence-corrected chi connectivity index (χ1v) is 9.05. The van der Waals surface area contributed by atoms with Gasteiger partial charge in [-0.15, -0.1) is 0 Å². The van der Waals surface area contributed by atoms with Gasteiger partial charge in [0.25, 0.3) is 0 Å². The average Bonchev–Trinajstić information content (AvgIpc) is 2.53. The number of amides is 2. The van der Waals surface area contributed by atoms with Crippen LogP contribution in [0.3, 0.4) is 0 Å². The Bertz CT molecular complexity index is 883. The molecule has 0 spiro atoms. The van der Waals surface area contributed by atoms with E-state index in [0.717, 1.165) is 0 Å². The monoisotopic (exact) mass is 381 g/mol. The van der Waals surface area contributed by atoms with Gasteiger partial charge >= 0.3 is 0 Å². The molecule has 0 atom stereocenters. The summed E-state index contributed by atoms with van der Waals surface area (Å²) in [5.74, 6) is -0.781. The molecule has 0 aliphatic rings. The third kappa shape index (κ3) is 5.86. The third-order valence-electron chi connectivity index (χ3n) is 3.01. The number of sulfonamides is 1. The predicted octanol–water partition coefficient (Wildman–Crippen LogP) is 2.22. The molecule has 0 heterocycles. The van der Waals surface area contributed by atoms with E-state index >= 15 is 0 Å². The highest BCUT2D eigenvalue weighted by Gasteiger charge is 2.15. The lowest BCUT2D eigenvalue weighted by Crippen LogP contribution is -2.32. The van der Waals surface area contributed by atoms with E-state index < -0.39 is 22.5 Å². The number of hydrogen-bond acceptors (Lipinski definition) is 4. The minimum atomic E-state index is -3.81. The SMILES string of the molecule is CC(=O)Nc1cccc(NC(=O)CNS(=O)(=O)c2ccc(Cl)cc2)c1. The lowest BCUT2D eigenvalue weighted by molar-refractivity contribution is -0.115. The van der Waals surface area contributed by atoms with Crippen molar-refractivity contribution < 1.29 is 18.0 Å². The zero-order valence-corrected chi connectivity index (χ0v) is 14.8. The van der Waals surface area contributed by atoms with Crippen molar-refractivity contribution in [2.75, 3.05) is 17.2 Å². The van der Waals surface area contributed by atoms with Gasteiger partial charge in [-0.2, -0.15) is 0 Å². The molecule has 0 aliphatic carbocycles. The van der Waals surface area contributed by atoms with Gasteiger partial charge in [-0.25, -0.2) is 13.1 Å². The van der Waals surface area contributed by atoms with Crippen LogP contribution < -0.4 is 15.4 Å². The van der Waals surface area contributed by atoms with Crippen LogP contribution in [-0.4, -0.2) is 26.8 Å². The van der Waals surface area contributed by atoms with Crippen LogP contribution in [0.25, 0.3) is 0 Å². The number of anilines is 2. The lowest BCUT2D eigenvalue weighted by Gasteiger charge is -2.09. The number of hydrogen-bond donors (Lipinski definition) is 3. The number of carbonyl (C=O) groups excluding carboxylic acids is 2. The summed E-state index contributed by atoms with van der Waals surface area (Å²) < 4.78 is 26.4. The molecule has 2 amide bonds. The Morgan fingerprint density at radius 2 is 1.60 bits per heavy atom. The fourth-order valence-electron chi connectivity index (χ4n) is 1.94. The molecule has 132 valence electrons. The number of carbonyl (C=O) groups is 2. The first-order chi connectivity index (χ1) is 11.8. The zero-order valence-electron chi connectivity index (χ0n) is 13.2. The smallest absolute Gasteiger partial charge is 0.241 e. The van der Waals surface area contributed by atoms with Crippen molar-refractivity contribution in [3.63, 3.8) is 0 Å². The predicted molar refractivity (Wildman–Crippen MR) is 96.0 cm³/mol. The molecule has 7 nitrogen and oxygen atoms in total. The topological polar surface area (TPSA) is 104 Å². The van der Waals surface area contributed by atoms with Gasteiger partial charge in [0.05, 0.1) is 11.4 Å². The van der Waals surface area contributed by atoms with Gasteiger partial charge in [0.15, 0.2) is 0 Å². The van der Waals surface area contributed by atoms with E-state index in [1.165, 1.54) is 31.2 Å². The van der Waals surface area contributed by atoms with E-state index in [1.807, 2.05) is 0 Å². The summed E-state index contributed by atoms with van der Waals surface area (Å²) in [5.41, 5.74) is 0.953. The molecule has 0 bridgehead atoms. The molecule has 2 aromatic rings. The molecule has 0 saturated heterocycles. The molecule has 0 aliphatic heterocycles. The quantitative estimate of drug-likeness (QED) is 0.713. The van der Waals surface area contributed by atoms with Crippen molar-refractivity contribution in [1.29, 1.82) is 0 Å². The maximum absolute atomic E-state index is 12.1. The van der Waals surface area contributed by atoms with Crippen LogP contribution in [0.2, 0.25) is 5.02 Å². The van der Waals surface area contributed by atoms with Crippen LogP contribution in [0, 0.1) is 0 Å². The van der Waals surface area contributed by atoms with Crippen molar-refractivity contribution >= 4 is 44.8 Å². The number of halogens is 1. The van der Waals surface area contributed by atoms with E-state index in [0.29, 0.717) is 16.4 Å². The molecular weight excluding hydrogens is 366 g/mol. The summed E-state index contributed by atoms with van der Waals surface area (Å²) >= 11 is 5.72. The first kappa shape index (κ1) is 18.9. The van der Waals surface area contributed by atoms with Crippen molar-refractivity contribution in [2.24, 2.45) is 0 Å². The summed E-state index contributed by atoms with van der Waals surface area (Å²) in [6.45, 7) is 0.937. The summed E-state index contributed by atoms with van der Waals surface area (Å²) in [5, 5.41) is 5.55. The van der Waals surface area contributed by atoms with Gasteiger partial charge < -0.3 is 10.6 Å². The Kier molecular flexibility index (Phi) is 6.13. The molecule has 0 fully saturated rings. The second-order valence-electron chi connectivity index (χ2n) is 5.09. The minimum Gasteiger partial charge on any atom is -0.326 e. The number of rotatable bonds is 6. The second kappa shape index (κ2) is 8.11. The summed E-state index contributed by atoms with van der Waals surface area (Å²) in [6, 6.07) is 12.1. The Labute approximate surface area is 150 Å². The van der Waals surface area contributed by atoms with Crippen LogP contribution in [-0.2, 0) is 19.6 Å². The summed E-state index contributed by atoms with van der Waals surface area (Å²) in [7, 11) is -3.81. The van der Waals surface area contributed by atoms with E-state index in [1.54, 1.807) is 24.3 Å². The third-order valence-corrected chi connectivity index (χ3v) is 4.68. The Balaban J connectivity index is 1.96. The Morgan fingerprint density at radius 1 is 1.00 bits per heavy atom. The molecular formula is C16H16ClN3O4S. The molecule has 9 heteroatoms. The fourth-order valence-corrected chi connectivity index (χ4v) is 3.05. The molecule has 25 heavy (non-hydrogen) atoms. The van der Waals surface area contributed by atoms with Crippen molar-refractivity contribution in [3.8, 4) is 0 Å². The van der Waals surface area contributed by atoms with Crippen LogP contribution in [0.5, 0.6) is 0 Å². The molecule has 0 aromatic heterocycles. The molecule has 0 radical (unpaired) electrons. The van der Waals surface area contributed by atoms with Gasteiger partial charge in [-0.1, -0.05) is 17.7 Å². The maximum Gasteiger partial charge on any atom is 0.241 e. The van der Waals surface area contributed by atoms with Gasteiger partial charge in [0.1, 0.15) is 0 Å². The highest BCUT2D eigenvalue weighted by molar-refractivity contribution is 7.89. The van der Waals surface area contributed by atoms with Gasteiger partial charge in [0, 0.05) is 23.3 Å². The van der Waals surface area contributed by atoms with E-state index in [2.05, 4.69) is 15.4 Å². The molecule has 0 unspecified atom stereocenters. The second-order valence-corrected chi connectivity index (χ2v) is 7.29. The van der Waals surface area contributed by atoms with E-state index in [-0.39, 0.29) is 10.8 Å². The Hall–Kier alpha value is -2.42. The zero-order chi connectivity index (χ0) is 18.4. The summed E-state index contributed by atoms with van der Waals surface area (Å²) in [6.07, 6.45) is 0. The van der Waals surface area contributed by atoms with Crippen LogP contribution >= 0.6 is 11.6 Å². The van der Waals surface area contributed by atoms with E-state index in [4.69, 9.17) is 11.6 Å². The number of nitrogens with one attached hydrogen (secondary N) is 3. The highest BCUT2D eigenvalue weighted by Crippen LogP contribution is 2.15. The molecule has 2 rings (SSSR count). The van der Waals surface area contributed by atoms with Crippen molar-refractivity contribution in [2.45, 2.75) is 11.8 Å². The maximum atomic E-state index is 12.1. The number of benzene rings is 2. The molecule has 0 saturated carbocycles. The lowest BCUT2D eigenvalue weighted by atomic mass is 10.2. The normalized spacial score (nSPS) is 11.0. The van der Waals surface area contributed by atoms with Crippen molar-refractivity contribution in [1.82, 2.24) is 4.72 Å². The first-order valence-electron chi connectivity index (χ1n) is 7.19. The average molecular weight is 382 g/mol. The van der Waals surface area contributed by atoms with Crippen LogP contribution in [0.4, 0.5) is 11.4 Å². The van der Waals surface area contributed by atoms with E-state index in [9.17, 15) is 18.0 Å². The Morgan fingerprint density at radius 3 is 2.20 bits per heavy atom. The van der Waals surface area contributed by atoms with Gasteiger partial charge in [-0.3, -0.25) is 9.59 Å². The van der Waals surface area contributed by atoms with Gasteiger partial charge in [-0.05, 0) is 42.5 Å². The summed E-state index contributed by atoms with van der Waals surface area (Å²) in [4.78, 5) is 23.0. The molecule has 3 N–H and O–H groups in total. The largest absolute Gasteiger partial charge is 0.326 e. The standard InChI is InChI=1S/C16H16ClN3O4S/c1-11(21)19-13-3-2-4-14(9-13)20-16(22)10-18-25(23,24)15-7-5-12(17)6-8-15/h2-9,18H,10H2,1H3,(H,19,21)(H,20,22). The van der Waals surface area contributed by atoms with Crippen LogP contribution in [0.15, 0.2) is 53.4 Å². The van der Waals surface area contributed by atoms with Gasteiger partial charge in [0.2, 0.25) is 21.8 Å². The fraction of sp³-hybridized carbons (Fsp3) is 0.125.